The van der Waals surface area contributed by atoms with Crippen molar-refractivity contribution in [3.63, 3.8) is 0 Å². The number of amides is 2. The molecule has 0 unspecified atom stereocenters. The molecule has 0 radical (unpaired) electrons. The summed E-state index contributed by atoms with van der Waals surface area (Å²) >= 11 is 4.78. The average molecular weight is 569 g/mol. The lowest BCUT2D eigenvalue weighted by Gasteiger charge is -2.50. The summed E-state index contributed by atoms with van der Waals surface area (Å²) in [5.41, 5.74) is 4.79. The molecule has 0 bridgehead atoms. The molecule has 2 aromatic rings. The Labute approximate surface area is 221 Å². The SMILES string of the molecule is C[N+]1(c2csc(SC3=C(C(=O)[O-])N4C(=O)[C@@H](NC(=O)/C(=N\O)c5nsc(N)n5)[C@H]4SC3)n2)CCCC1. The topological polar surface area (TPSA) is 187 Å². The minimum Gasteiger partial charge on any atom is -0.543 e. The highest BCUT2D eigenvalue weighted by Gasteiger charge is 2.53. The molecule has 13 nitrogen and oxygen atoms in total. The van der Waals surface area contributed by atoms with Crippen molar-refractivity contribution in [2.75, 3.05) is 31.6 Å². The third-order valence-electron chi connectivity index (χ3n) is 6.17. The first-order valence-corrected chi connectivity index (χ1v) is 14.2. The van der Waals surface area contributed by atoms with E-state index in [4.69, 9.17) is 10.7 Å². The lowest BCUT2D eigenvalue weighted by molar-refractivity contribution is -0.301. The van der Waals surface area contributed by atoms with Crippen LogP contribution in [0.3, 0.4) is 0 Å². The number of nitrogens with two attached hydrogens (primary N) is 1. The van der Waals surface area contributed by atoms with Gasteiger partial charge in [0.1, 0.15) is 11.4 Å². The highest BCUT2D eigenvalue weighted by Crippen LogP contribution is 2.46. The lowest BCUT2D eigenvalue weighted by Crippen LogP contribution is -2.71. The summed E-state index contributed by atoms with van der Waals surface area (Å²) < 4.78 is 5.28. The Morgan fingerprint density at radius 1 is 1.36 bits per heavy atom. The normalized spacial score (nSPS) is 23.4. The summed E-state index contributed by atoms with van der Waals surface area (Å²) in [6, 6.07) is -1.03. The number of aliphatic carboxylic acids is 1. The molecular formula is C19H20N8O5S4. The minimum absolute atomic E-state index is 0.0742. The number of thioether (sulfide) groups is 2. The number of anilines is 1. The summed E-state index contributed by atoms with van der Waals surface area (Å²) in [5.74, 6) is -1.91. The Hall–Kier alpha value is -2.73. The number of oxime groups is 1. The molecule has 5 rings (SSSR count). The van der Waals surface area contributed by atoms with Gasteiger partial charge in [-0.2, -0.15) is 14.3 Å². The molecule has 5 heterocycles. The molecule has 3 aliphatic heterocycles. The van der Waals surface area contributed by atoms with E-state index >= 15 is 0 Å². The van der Waals surface area contributed by atoms with Crippen LogP contribution in [0.5, 0.6) is 0 Å². The smallest absolute Gasteiger partial charge is 0.278 e. The number of rotatable bonds is 7. The quantitative estimate of drug-likeness (QED) is 0.130. The number of carboxylic acids is 1. The van der Waals surface area contributed by atoms with E-state index in [2.05, 4.69) is 26.9 Å². The highest BCUT2D eigenvalue weighted by molar-refractivity contribution is 8.07. The van der Waals surface area contributed by atoms with Crippen LogP contribution in [0.4, 0.5) is 10.9 Å². The fourth-order valence-electron chi connectivity index (χ4n) is 4.30. The van der Waals surface area contributed by atoms with E-state index in [1.54, 1.807) is 0 Å². The zero-order chi connectivity index (χ0) is 25.6. The van der Waals surface area contributed by atoms with Gasteiger partial charge in [-0.25, -0.2) is 0 Å². The molecular weight excluding hydrogens is 549 g/mol. The maximum absolute atomic E-state index is 12.9. The number of nitrogens with one attached hydrogen (secondary N) is 1. The van der Waals surface area contributed by atoms with Gasteiger partial charge < -0.3 is 26.2 Å². The number of nitrogen functional groups attached to an aromatic ring is 1. The summed E-state index contributed by atoms with van der Waals surface area (Å²) in [5, 5.41) is 28.1. The second kappa shape index (κ2) is 9.62. The number of likely N-dealkylation sites (tertiary alicyclic amines) is 1. The van der Waals surface area contributed by atoms with Gasteiger partial charge in [0, 0.05) is 35.0 Å². The molecule has 2 fully saturated rings. The van der Waals surface area contributed by atoms with Crippen LogP contribution in [0.15, 0.2) is 25.5 Å². The number of hydrogen-bond donors (Lipinski definition) is 3. The van der Waals surface area contributed by atoms with Crippen molar-refractivity contribution in [2.45, 2.75) is 28.6 Å². The molecule has 0 saturated carbocycles. The molecule has 2 aromatic heterocycles. The Bertz CT molecular complexity index is 1300. The number of thiazole rings is 1. The summed E-state index contributed by atoms with van der Waals surface area (Å²) in [6.07, 6.45) is 2.28. The summed E-state index contributed by atoms with van der Waals surface area (Å²) in [4.78, 5) is 47.7. The average Bonchev–Trinajstić information content (AvgIpc) is 3.60. The van der Waals surface area contributed by atoms with E-state index < -0.39 is 34.9 Å². The zero-order valence-corrected chi connectivity index (χ0v) is 22.0. The van der Waals surface area contributed by atoms with Gasteiger partial charge in [-0.15, -0.1) is 23.1 Å². The van der Waals surface area contributed by atoms with Crippen LogP contribution in [0.2, 0.25) is 0 Å². The molecule has 0 spiro atoms. The second-order valence-electron chi connectivity index (χ2n) is 8.45. The molecule has 190 valence electrons. The Morgan fingerprint density at radius 2 is 2.11 bits per heavy atom. The molecule has 2 atom stereocenters. The third kappa shape index (κ3) is 4.34. The number of carbonyl (C=O) groups excluding carboxylic acids is 3. The first kappa shape index (κ1) is 24.9. The predicted octanol–water partition coefficient (Wildman–Crippen LogP) is -0.360. The fraction of sp³-hybridized carbons (Fsp3) is 0.421. The monoisotopic (exact) mass is 568 g/mol. The number of nitrogens with zero attached hydrogens (tertiary/aromatic N) is 6. The largest absolute Gasteiger partial charge is 0.543 e. The second-order valence-corrected chi connectivity index (χ2v) is 12.5. The van der Waals surface area contributed by atoms with Crippen molar-refractivity contribution < 1.29 is 24.7 Å². The number of carbonyl (C=O) groups is 3. The molecule has 4 N–H and O–H groups in total. The van der Waals surface area contributed by atoms with E-state index in [1.165, 1.54) is 34.9 Å². The van der Waals surface area contributed by atoms with Crippen LogP contribution in [0, 0.1) is 0 Å². The van der Waals surface area contributed by atoms with Crippen LogP contribution in [0.25, 0.3) is 0 Å². The van der Waals surface area contributed by atoms with Gasteiger partial charge in [-0.3, -0.25) is 19.0 Å². The molecule has 0 aliphatic carbocycles. The van der Waals surface area contributed by atoms with Gasteiger partial charge in [0.2, 0.25) is 17.4 Å². The zero-order valence-electron chi connectivity index (χ0n) is 18.7. The number of β-lactam (4-membered cyclic amide) rings is 1. The number of quaternary nitrogens is 1. The highest BCUT2D eigenvalue weighted by atomic mass is 32.2. The fourth-order valence-corrected chi connectivity index (χ4v) is 8.30. The van der Waals surface area contributed by atoms with E-state index in [9.17, 15) is 24.7 Å². The third-order valence-corrected chi connectivity index (χ3v) is 10.2. The van der Waals surface area contributed by atoms with Crippen molar-refractivity contribution in [2.24, 2.45) is 5.16 Å². The van der Waals surface area contributed by atoms with Crippen molar-refractivity contribution in [1.82, 2.24) is 29.0 Å². The van der Waals surface area contributed by atoms with Gasteiger partial charge in [-0.1, -0.05) is 16.9 Å². The Morgan fingerprint density at radius 3 is 2.75 bits per heavy atom. The minimum atomic E-state index is -1.48. The standard InChI is InChI=1S/C19H20N8O5S4/c1-27(4-2-3-5-27)9-7-34-19(21-9)35-8-6-33-16-11(15(29)26(16)12(8)17(30)31)22-14(28)10(24-32)13-23-18(20)36-25-13/h7,11,16H,2-6H2,1H3,(H4-,20,22,23,25,28,30,31,32)/t11-,16-/m1/s1. The summed E-state index contributed by atoms with van der Waals surface area (Å²) in [7, 11) is 2.14. The van der Waals surface area contributed by atoms with Gasteiger partial charge in [0.05, 0.1) is 37.2 Å². The van der Waals surface area contributed by atoms with E-state index in [0.29, 0.717) is 15.0 Å². The number of fused-ring (bicyclic) bond motifs is 1. The molecule has 36 heavy (non-hydrogen) atoms. The van der Waals surface area contributed by atoms with Crippen molar-refractivity contribution in [3.05, 3.63) is 21.8 Å². The van der Waals surface area contributed by atoms with Crippen LogP contribution < -0.4 is 20.6 Å². The summed E-state index contributed by atoms with van der Waals surface area (Å²) in [6.45, 7) is 2.03. The first-order valence-electron chi connectivity index (χ1n) is 10.7. The number of carboxylic acid groups (broad SMARTS) is 1. The van der Waals surface area contributed by atoms with Crippen molar-refractivity contribution in [3.8, 4) is 0 Å². The molecule has 17 heteroatoms. The van der Waals surface area contributed by atoms with E-state index in [0.717, 1.165) is 52.7 Å². The maximum Gasteiger partial charge on any atom is 0.278 e. The van der Waals surface area contributed by atoms with E-state index in [1.807, 2.05) is 5.38 Å². The molecule has 2 saturated heterocycles. The van der Waals surface area contributed by atoms with Gasteiger partial charge in [-0.05, 0) is 0 Å². The lowest BCUT2D eigenvalue weighted by atomic mass is 10.0. The number of hydrogen-bond acceptors (Lipinski definition) is 14. The molecule has 3 aliphatic rings. The van der Waals surface area contributed by atoms with Crippen LogP contribution >= 0.6 is 46.4 Å². The van der Waals surface area contributed by atoms with Gasteiger partial charge in [0.15, 0.2) is 9.47 Å². The molecule has 2 amide bonds. The van der Waals surface area contributed by atoms with Gasteiger partial charge in [0.25, 0.3) is 11.8 Å². The number of aromatic nitrogens is 3. The Balaban J connectivity index is 1.32. The van der Waals surface area contributed by atoms with Crippen LogP contribution in [-0.2, 0) is 14.4 Å². The van der Waals surface area contributed by atoms with Crippen molar-refractivity contribution >= 4 is 80.8 Å². The molecule has 0 aromatic carbocycles. The maximum atomic E-state index is 12.9. The Kier molecular flexibility index (Phi) is 6.67. The van der Waals surface area contributed by atoms with Crippen LogP contribution in [0.1, 0.15) is 18.7 Å². The van der Waals surface area contributed by atoms with E-state index in [-0.39, 0.29) is 16.7 Å². The van der Waals surface area contributed by atoms with Gasteiger partial charge >= 0.3 is 0 Å². The first-order chi connectivity index (χ1) is 17.2. The predicted molar refractivity (Wildman–Crippen MR) is 134 cm³/mol. The van der Waals surface area contributed by atoms with Crippen LogP contribution in [-0.4, -0.2) is 85.2 Å². The van der Waals surface area contributed by atoms with Crippen molar-refractivity contribution in [1.29, 1.82) is 0 Å².